The highest BCUT2D eigenvalue weighted by Gasteiger charge is 2.28. The Morgan fingerprint density at radius 2 is 2.00 bits per heavy atom. The summed E-state index contributed by atoms with van der Waals surface area (Å²) >= 11 is 3.40. The van der Waals surface area contributed by atoms with Gasteiger partial charge in [-0.2, -0.15) is 0 Å². The van der Waals surface area contributed by atoms with Crippen molar-refractivity contribution in [1.29, 1.82) is 0 Å². The first-order chi connectivity index (χ1) is 8.25. The Hall–Kier alpha value is -1.43. The van der Waals surface area contributed by atoms with Crippen molar-refractivity contribution in [3.05, 3.63) is 39.9 Å². The number of nitrogens with zero attached hydrogens (tertiary/aromatic N) is 1. The molecule has 0 spiro atoms. The number of amides is 1. The first kappa shape index (κ1) is 14.6. The highest BCUT2D eigenvalue weighted by molar-refractivity contribution is 9.09. The molecule has 1 unspecified atom stereocenters. The third-order valence-electron chi connectivity index (χ3n) is 2.78. The Morgan fingerprint density at radius 3 is 2.50 bits per heavy atom. The standard InChI is InChI=1S/C12H15BrN2O3/c1-8(13)12(2,3)14-11(16)9-6-4-5-7-10(9)15(17)18/h4-8H,1-3H3,(H,14,16). The number of carbonyl (C=O) groups is 1. The molecule has 0 aliphatic rings. The average molecular weight is 315 g/mol. The van der Waals surface area contributed by atoms with Crippen LogP contribution in [0.3, 0.4) is 0 Å². The van der Waals surface area contributed by atoms with Gasteiger partial charge in [0.25, 0.3) is 11.6 Å². The molecule has 5 nitrogen and oxygen atoms in total. The number of halogens is 1. The normalized spacial score (nSPS) is 12.9. The molecule has 1 aromatic rings. The lowest BCUT2D eigenvalue weighted by molar-refractivity contribution is -0.385. The van der Waals surface area contributed by atoms with Crippen molar-refractivity contribution in [2.24, 2.45) is 0 Å². The van der Waals surface area contributed by atoms with Crippen molar-refractivity contribution in [1.82, 2.24) is 5.32 Å². The van der Waals surface area contributed by atoms with Gasteiger partial charge in [-0.25, -0.2) is 0 Å². The summed E-state index contributed by atoms with van der Waals surface area (Å²) in [5.41, 5.74) is -0.613. The number of nitro benzene ring substituents is 1. The molecule has 0 aromatic heterocycles. The van der Waals surface area contributed by atoms with E-state index >= 15 is 0 Å². The summed E-state index contributed by atoms with van der Waals surface area (Å²) in [7, 11) is 0. The fraction of sp³-hybridized carbons (Fsp3) is 0.417. The van der Waals surface area contributed by atoms with Crippen LogP contribution in [0.25, 0.3) is 0 Å². The summed E-state index contributed by atoms with van der Waals surface area (Å²) in [5, 5.41) is 13.6. The van der Waals surface area contributed by atoms with Gasteiger partial charge in [0, 0.05) is 16.4 Å². The first-order valence-electron chi connectivity index (χ1n) is 5.45. The van der Waals surface area contributed by atoms with Gasteiger partial charge < -0.3 is 5.32 Å². The molecule has 0 aliphatic carbocycles. The predicted molar refractivity (Wildman–Crippen MR) is 73.0 cm³/mol. The van der Waals surface area contributed by atoms with Crippen LogP contribution in [0, 0.1) is 10.1 Å². The van der Waals surface area contributed by atoms with E-state index in [1.165, 1.54) is 18.2 Å². The van der Waals surface area contributed by atoms with E-state index in [9.17, 15) is 14.9 Å². The van der Waals surface area contributed by atoms with Crippen LogP contribution in [0.5, 0.6) is 0 Å². The SMILES string of the molecule is CC(Br)C(C)(C)NC(=O)c1ccccc1[N+](=O)[O-]. The second-order valence-electron chi connectivity index (χ2n) is 4.57. The Kier molecular flexibility index (Phi) is 4.45. The van der Waals surface area contributed by atoms with E-state index in [4.69, 9.17) is 0 Å². The molecule has 1 amide bonds. The van der Waals surface area contributed by atoms with Crippen molar-refractivity contribution in [2.75, 3.05) is 0 Å². The zero-order valence-corrected chi connectivity index (χ0v) is 12.0. The van der Waals surface area contributed by atoms with Gasteiger partial charge in [0.05, 0.1) is 4.92 Å². The number of alkyl halides is 1. The first-order valence-corrected chi connectivity index (χ1v) is 6.37. The van der Waals surface area contributed by atoms with Gasteiger partial charge in [-0.1, -0.05) is 35.0 Å². The van der Waals surface area contributed by atoms with Crippen molar-refractivity contribution in [3.8, 4) is 0 Å². The molecule has 1 aromatic carbocycles. The molecule has 0 radical (unpaired) electrons. The largest absolute Gasteiger partial charge is 0.346 e. The highest BCUT2D eigenvalue weighted by Crippen LogP contribution is 2.21. The summed E-state index contributed by atoms with van der Waals surface area (Å²) in [6.07, 6.45) is 0. The lowest BCUT2D eigenvalue weighted by Gasteiger charge is -2.29. The van der Waals surface area contributed by atoms with Crippen LogP contribution in [0.4, 0.5) is 5.69 Å². The third-order valence-corrected chi connectivity index (χ3v) is 3.92. The van der Waals surface area contributed by atoms with Crippen molar-refractivity contribution in [3.63, 3.8) is 0 Å². The predicted octanol–water partition coefficient (Wildman–Crippen LogP) is 2.89. The van der Waals surface area contributed by atoms with Gasteiger partial charge in [0.15, 0.2) is 0 Å². The van der Waals surface area contributed by atoms with Gasteiger partial charge in [-0.15, -0.1) is 0 Å². The molecule has 6 heteroatoms. The van der Waals surface area contributed by atoms with Gasteiger partial charge >= 0.3 is 0 Å². The summed E-state index contributed by atoms with van der Waals surface area (Å²) in [4.78, 5) is 22.4. The number of para-hydroxylation sites is 1. The Balaban J connectivity index is 3.02. The van der Waals surface area contributed by atoms with Gasteiger partial charge in [0.2, 0.25) is 0 Å². The molecule has 0 aliphatic heterocycles. The number of carbonyl (C=O) groups excluding carboxylic acids is 1. The van der Waals surface area contributed by atoms with E-state index in [0.717, 1.165) is 0 Å². The van der Waals surface area contributed by atoms with Crippen molar-refractivity contribution >= 4 is 27.5 Å². The monoisotopic (exact) mass is 314 g/mol. The molecule has 1 N–H and O–H groups in total. The van der Waals surface area contributed by atoms with Crippen LogP contribution in [0.15, 0.2) is 24.3 Å². The molecule has 18 heavy (non-hydrogen) atoms. The van der Waals surface area contributed by atoms with Gasteiger partial charge in [-0.05, 0) is 19.9 Å². The van der Waals surface area contributed by atoms with Crippen LogP contribution in [-0.4, -0.2) is 21.2 Å². The number of hydrogen-bond donors (Lipinski definition) is 1. The minimum atomic E-state index is -0.556. The lowest BCUT2D eigenvalue weighted by Crippen LogP contribution is -2.48. The quantitative estimate of drug-likeness (QED) is 0.527. The smallest absolute Gasteiger partial charge is 0.282 e. The van der Waals surface area contributed by atoms with Crippen LogP contribution >= 0.6 is 15.9 Å². The van der Waals surface area contributed by atoms with E-state index < -0.39 is 16.4 Å². The molecule has 0 heterocycles. The van der Waals surface area contributed by atoms with Crippen molar-refractivity contribution < 1.29 is 9.72 Å². The summed E-state index contributed by atoms with van der Waals surface area (Å²) < 4.78 is 0. The average Bonchev–Trinajstić information content (AvgIpc) is 2.28. The summed E-state index contributed by atoms with van der Waals surface area (Å²) in [6.45, 7) is 5.60. The molecule has 0 bridgehead atoms. The number of benzene rings is 1. The zero-order valence-electron chi connectivity index (χ0n) is 10.4. The molecule has 1 atom stereocenters. The van der Waals surface area contributed by atoms with E-state index in [1.54, 1.807) is 6.07 Å². The van der Waals surface area contributed by atoms with Gasteiger partial charge in [-0.3, -0.25) is 14.9 Å². The number of hydrogen-bond acceptors (Lipinski definition) is 3. The Bertz CT molecular complexity index is 472. The van der Waals surface area contributed by atoms with Crippen LogP contribution < -0.4 is 5.32 Å². The number of nitro groups is 1. The topological polar surface area (TPSA) is 72.2 Å². The van der Waals surface area contributed by atoms with E-state index in [-0.39, 0.29) is 16.1 Å². The summed E-state index contributed by atoms with van der Waals surface area (Å²) in [6, 6.07) is 5.90. The fourth-order valence-corrected chi connectivity index (χ4v) is 1.40. The maximum absolute atomic E-state index is 12.1. The molecule has 0 saturated heterocycles. The molecule has 0 saturated carbocycles. The Labute approximate surface area is 114 Å². The van der Waals surface area contributed by atoms with Crippen LogP contribution in [0.2, 0.25) is 0 Å². The van der Waals surface area contributed by atoms with E-state index in [2.05, 4.69) is 21.2 Å². The minimum Gasteiger partial charge on any atom is -0.346 e. The van der Waals surface area contributed by atoms with Crippen LogP contribution in [-0.2, 0) is 0 Å². The maximum atomic E-state index is 12.1. The van der Waals surface area contributed by atoms with E-state index in [1.807, 2.05) is 20.8 Å². The molecular formula is C12H15BrN2O3. The van der Waals surface area contributed by atoms with Gasteiger partial charge in [0.1, 0.15) is 5.56 Å². The van der Waals surface area contributed by atoms with Crippen molar-refractivity contribution in [2.45, 2.75) is 31.1 Å². The second kappa shape index (κ2) is 5.48. The second-order valence-corrected chi connectivity index (χ2v) is 5.94. The van der Waals surface area contributed by atoms with E-state index in [0.29, 0.717) is 0 Å². The molecular weight excluding hydrogens is 300 g/mol. The fourth-order valence-electron chi connectivity index (χ4n) is 1.28. The lowest BCUT2D eigenvalue weighted by atomic mass is 10.0. The summed E-state index contributed by atoms with van der Waals surface area (Å²) in [5.74, 6) is -0.446. The molecule has 98 valence electrons. The third kappa shape index (κ3) is 3.29. The zero-order chi connectivity index (χ0) is 13.9. The minimum absolute atomic E-state index is 0.0386. The van der Waals surface area contributed by atoms with Crippen LogP contribution in [0.1, 0.15) is 31.1 Å². The highest BCUT2D eigenvalue weighted by atomic mass is 79.9. The number of rotatable bonds is 4. The molecule has 0 fully saturated rings. The maximum Gasteiger partial charge on any atom is 0.282 e. The Morgan fingerprint density at radius 1 is 1.44 bits per heavy atom. The molecule has 1 rings (SSSR count). The number of nitrogens with one attached hydrogen (secondary N) is 1.